The van der Waals surface area contributed by atoms with Gasteiger partial charge in [-0.05, 0) is 18.2 Å². The zero-order valence-electron chi connectivity index (χ0n) is 9.87. The van der Waals surface area contributed by atoms with Crippen molar-refractivity contribution in [3.05, 3.63) is 40.1 Å². The third kappa shape index (κ3) is 3.46. The summed E-state index contributed by atoms with van der Waals surface area (Å²) >= 11 is 2.89. The van der Waals surface area contributed by atoms with Crippen molar-refractivity contribution in [2.45, 2.75) is 12.7 Å². The fourth-order valence-electron chi connectivity index (χ4n) is 1.52. The highest BCUT2D eigenvalue weighted by Gasteiger charge is 2.33. The van der Waals surface area contributed by atoms with Crippen molar-refractivity contribution < 1.29 is 13.2 Å². The van der Waals surface area contributed by atoms with E-state index in [0.717, 1.165) is 6.07 Å². The molecule has 0 aliphatic rings. The predicted octanol–water partition coefficient (Wildman–Crippen LogP) is 3.21. The van der Waals surface area contributed by atoms with Crippen molar-refractivity contribution in [2.75, 3.05) is 5.32 Å². The van der Waals surface area contributed by atoms with E-state index in [-0.39, 0.29) is 4.47 Å². The summed E-state index contributed by atoms with van der Waals surface area (Å²) in [4.78, 5) is 0. The third-order valence-electron chi connectivity index (χ3n) is 2.40. The second-order valence-electron chi connectivity index (χ2n) is 3.93. The molecule has 19 heavy (non-hydrogen) atoms. The summed E-state index contributed by atoms with van der Waals surface area (Å²) in [6.45, 7) is 0.312. The molecule has 0 radical (unpaired) electrons. The number of nitrogens with one attached hydrogen (secondary N) is 1. The van der Waals surface area contributed by atoms with Crippen molar-refractivity contribution >= 4 is 21.6 Å². The molecule has 0 atom stereocenters. The van der Waals surface area contributed by atoms with Gasteiger partial charge in [0.25, 0.3) is 0 Å². The van der Waals surface area contributed by atoms with Crippen LogP contribution in [0.15, 0.2) is 28.9 Å². The minimum atomic E-state index is -4.39. The van der Waals surface area contributed by atoms with Crippen molar-refractivity contribution in [1.29, 1.82) is 0 Å². The summed E-state index contributed by atoms with van der Waals surface area (Å²) in [6, 6.07) is 3.98. The fourth-order valence-corrected chi connectivity index (χ4v) is 1.99. The minimum Gasteiger partial charge on any atom is -0.379 e. The first-order chi connectivity index (χ1) is 8.86. The maximum atomic E-state index is 12.7. The summed E-state index contributed by atoms with van der Waals surface area (Å²) in [5, 5.41) is 10.5. The molecule has 0 aliphatic heterocycles. The van der Waals surface area contributed by atoms with Gasteiger partial charge in [-0.3, -0.25) is 4.68 Å². The molecule has 0 amide bonds. The molecule has 1 aromatic heterocycles. The highest BCUT2D eigenvalue weighted by Crippen LogP contribution is 2.36. The molecule has 1 heterocycles. The number of nitrogens with zero attached hydrogens (tertiary/aromatic N) is 3. The fraction of sp³-hybridized carbons (Fsp3) is 0.273. The van der Waals surface area contributed by atoms with Crippen molar-refractivity contribution in [2.24, 2.45) is 7.05 Å². The van der Waals surface area contributed by atoms with Gasteiger partial charge in [0, 0.05) is 23.4 Å². The Balaban J connectivity index is 2.13. The van der Waals surface area contributed by atoms with Gasteiger partial charge in [-0.25, -0.2) is 0 Å². The van der Waals surface area contributed by atoms with Crippen molar-refractivity contribution in [3.8, 4) is 0 Å². The largest absolute Gasteiger partial charge is 0.417 e. The summed E-state index contributed by atoms with van der Waals surface area (Å²) in [5.74, 6) is 0. The number of benzene rings is 1. The van der Waals surface area contributed by atoms with E-state index < -0.39 is 11.7 Å². The summed E-state index contributed by atoms with van der Waals surface area (Å²) in [6.07, 6.45) is -2.69. The average Bonchev–Trinajstić information content (AvgIpc) is 2.72. The maximum Gasteiger partial charge on any atom is 0.417 e. The Morgan fingerprint density at radius 1 is 1.37 bits per heavy atom. The summed E-state index contributed by atoms with van der Waals surface area (Å²) in [7, 11) is 1.72. The lowest BCUT2D eigenvalue weighted by Gasteiger charge is -2.11. The molecule has 0 fully saturated rings. The van der Waals surface area contributed by atoms with Gasteiger partial charge in [0.1, 0.15) is 5.69 Å². The van der Waals surface area contributed by atoms with Gasteiger partial charge >= 0.3 is 6.18 Å². The van der Waals surface area contributed by atoms with Crippen molar-refractivity contribution in [3.63, 3.8) is 0 Å². The van der Waals surface area contributed by atoms with Crippen LogP contribution >= 0.6 is 15.9 Å². The molecule has 2 aromatic rings. The summed E-state index contributed by atoms with van der Waals surface area (Å²) < 4.78 is 39.7. The molecule has 1 aromatic carbocycles. The number of aromatic nitrogens is 3. The monoisotopic (exact) mass is 334 g/mol. The van der Waals surface area contributed by atoms with Gasteiger partial charge in [-0.2, -0.15) is 13.2 Å². The van der Waals surface area contributed by atoms with Gasteiger partial charge in [0.05, 0.1) is 12.1 Å². The van der Waals surface area contributed by atoms with E-state index in [4.69, 9.17) is 0 Å². The lowest BCUT2D eigenvalue weighted by Crippen LogP contribution is -2.07. The Labute approximate surface area is 115 Å². The molecule has 8 heteroatoms. The highest BCUT2D eigenvalue weighted by molar-refractivity contribution is 9.10. The Morgan fingerprint density at radius 2 is 2.11 bits per heavy atom. The number of aryl methyl sites for hydroxylation is 1. The lowest BCUT2D eigenvalue weighted by atomic mass is 10.2. The molecular formula is C11H10BrF3N4. The van der Waals surface area contributed by atoms with E-state index >= 15 is 0 Å². The smallest absolute Gasteiger partial charge is 0.379 e. The van der Waals surface area contributed by atoms with E-state index in [0.29, 0.717) is 17.9 Å². The topological polar surface area (TPSA) is 42.7 Å². The van der Waals surface area contributed by atoms with E-state index in [1.54, 1.807) is 19.3 Å². The maximum absolute atomic E-state index is 12.7. The van der Waals surface area contributed by atoms with Gasteiger partial charge in [-0.1, -0.05) is 21.1 Å². The van der Waals surface area contributed by atoms with Gasteiger partial charge in [0.2, 0.25) is 0 Å². The Morgan fingerprint density at radius 3 is 2.68 bits per heavy atom. The second-order valence-corrected chi connectivity index (χ2v) is 4.78. The van der Waals surface area contributed by atoms with Crippen LogP contribution in [0.25, 0.3) is 0 Å². The molecule has 0 bridgehead atoms. The minimum absolute atomic E-state index is 0.0186. The van der Waals surface area contributed by atoms with Gasteiger partial charge < -0.3 is 5.32 Å². The normalized spacial score (nSPS) is 11.6. The van der Waals surface area contributed by atoms with E-state index in [1.165, 1.54) is 10.7 Å². The highest BCUT2D eigenvalue weighted by atomic mass is 79.9. The molecule has 1 N–H and O–H groups in total. The van der Waals surface area contributed by atoms with Crippen LogP contribution in [0.5, 0.6) is 0 Å². The SMILES string of the molecule is Cn1cc(CNc2ccc(Br)c(C(F)(F)F)c2)nn1. The summed E-state index contributed by atoms with van der Waals surface area (Å²) in [5.41, 5.74) is 0.316. The zero-order valence-corrected chi connectivity index (χ0v) is 11.5. The third-order valence-corrected chi connectivity index (χ3v) is 3.09. The molecule has 0 aliphatic carbocycles. The van der Waals surface area contributed by atoms with Crippen molar-refractivity contribution in [1.82, 2.24) is 15.0 Å². The molecule has 0 unspecified atom stereocenters. The number of hydrogen-bond donors (Lipinski definition) is 1. The number of rotatable bonds is 3. The number of anilines is 1. The molecule has 0 spiro atoms. The van der Waals surface area contributed by atoms with E-state index in [1.807, 2.05) is 0 Å². The van der Waals surface area contributed by atoms with Crippen LogP contribution in [0, 0.1) is 0 Å². The van der Waals surface area contributed by atoms with Crippen LogP contribution in [0.3, 0.4) is 0 Å². The molecule has 0 saturated carbocycles. The molecule has 2 rings (SSSR count). The average molecular weight is 335 g/mol. The lowest BCUT2D eigenvalue weighted by molar-refractivity contribution is -0.138. The second kappa shape index (κ2) is 5.20. The zero-order chi connectivity index (χ0) is 14.0. The molecular weight excluding hydrogens is 325 g/mol. The first kappa shape index (κ1) is 13.9. The first-order valence-corrected chi connectivity index (χ1v) is 6.11. The van der Waals surface area contributed by atoms with Crippen LogP contribution < -0.4 is 5.32 Å². The molecule has 0 saturated heterocycles. The quantitative estimate of drug-likeness (QED) is 0.937. The van der Waals surface area contributed by atoms with Gasteiger partial charge in [0.15, 0.2) is 0 Å². The van der Waals surface area contributed by atoms with Crippen LogP contribution in [-0.4, -0.2) is 15.0 Å². The van der Waals surface area contributed by atoms with Gasteiger partial charge in [-0.15, -0.1) is 5.10 Å². The Kier molecular flexibility index (Phi) is 3.79. The number of alkyl halides is 3. The number of halogens is 4. The van der Waals surface area contributed by atoms with E-state index in [9.17, 15) is 13.2 Å². The van der Waals surface area contributed by atoms with E-state index in [2.05, 4.69) is 31.6 Å². The predicted molar refractivity (Wildman–Crippen MR) is 67.5 cm³/mol. The molecule has 4 nitrogen and oxygen atoms in total. The standard InChI is InChI=1S/C11H10BrF3N4/c1-19-6-8(17-18-19)5-16-7-2-3-10(12)9(4-7)11(13,14)15/h2-4,6,16H,5H2,1H3. The van der Waals surface area contributed by atoms with Crippen LogP contribution in [0.1, 0.15) is 11.3 Å². The Bertz CT molecular complexity index is 580. The Hall–Kier alpha value is -1.57. The van der Waals surface area contributed by atoms with Crippen LogP contribution in [0.2, 0.25) is 0 Å². The first-order valence-electron chi connectivity index (χ1n) is 5.32. The van der Waals surface area contributed by atoms with Crippen LogP contribution in [-0.2, 0) is 19.8 Å². The van der Waals surface area contributed by atoms with Crippen LogP contribution in [0.4, 0.5) is 18.9 Å². The number of hydrogen-bond acceptors (Lipinski definition) is 3. The molecule has 102 valence electrons.